The molecule has 0 bridgehead atoms. The van der Waals surface area contributed by atoms with E-state index in [1.165, 1.54) is 5.56 Å². The highest BCUT2D eigenvalue weighted by molar-refractivity contribution is 5.83. The molecule has 1 aliphatic rings. The number of nitrogens with one attached hydrogen (secondary N) is 1. The minimum absolute atomic E-state index is 0.0585. The molecule has 0 aliphatic carbocycles. The second-order valence-electron chi connectivity index (χ2n) is 12.7. The summed E-state index contributed by atoms with van der Waals surface area (Å²) < 4.78 is 18.8. The summed E-state index contributed by atoms with van der Waals surface area (Å²) in [6, 6.07) is 15.0. The Hall–Kier alpha value is -3.77. The molecule has 47 heavy (non-hydrogen) atoms. The Morgan fingerprint density at radius 1 is 0.979 bits per heavy atom. The molecule has 254 valence electrons. The van der Waals surface area contributed by atoms with Crippen LogP contribution in [0.4, 0.5) is 0 Å². The molecule has 2 aromatic heterocycles. The number of hydrogen-bond acceptors (Lipinski definition) is 9. The molecule has 1 aliphatic heterocycles. The Bertz CT molecular complexity index is 1550. The van der Waals surface area contributed by atoms with Crippen molar-refractivity contribution in [3.05, 3.63) is 65.3 Å². The number of methoxy groups -OCH3 is 1. The summed E-state index contributed by atoms with van der Waals surface area (Å²) in [5.41, 5.74) is 6.40. The Kier molecular flexibility index (Phi) is 12.4. The topological polar surface area (TPSA) is 101 Å². The highest BCUT2D eigenvalue weighted by Gasteiger charge is 2.20. The zero-order chi connectivity index (χ0) is 33.2. The third kappa shape index (κ3) is 9.63. The second kappa shape index (κ2) is 16.9. The molecule has 0 radical (unpaired) electrons. The van der Waals surface area contributed by atoms with Crippen LogP contribution in [0.3, 0.4) is 0 Å². The highest BCUT2D eigenvalue weighted by Crippen LogP contribution is 2.30. The van der Waals surface area contributed by atoms with E-state index >= 15 is 0 Å². The van der Waals surface area contributed by atoms with Crippen molar-refractivity contribution in [2.24, 2.45) is 0 Å². The van der Waals surface area contributed by atoms with Crippen LogP contribution in [0.25, 0.3) is 22.2 Å². The van der Waals surface area contributed by atoms with Gasteiger partial charge in [-0.15, -0.1) is 0 Å². The molecule has 5 rings (SSSR count). The number of carbonyl (C=O) groups excluding carboxylic acids is 1. The van der Waals surface area contributed by atoms with Crippen molar-refractivity contribution in [2.75, 3.05) is 86.8 Å². The number of amides is 1. The summed E-state index contributed by atoms with van der Waals surface area (Å²) in [5, 5.41) is 7.09. The van der Waals surface area contributed by atoms with Crippen LogP contribution >= 0.6 is 0 Å². The van der Waals surface area contributed by atoms with E-state index in [-0.39, 0.29) is 5.91 Å². The average molecular weight is 646 g/mol. The maximum atomic E-state index is 12.3. The van der Waals surface area contributed by atoms with Crippen LogP contribution in [0, 0.1) is 13.8 Å². The van der Waals surface area contributed by atoms with E-state index in [0.717, 1.165) is 117 Å². The van der Waals surface area contributed by atoms with Crippen LogP contribution in [0.1, 0.15) is 29.3 Å². The Morgan fingerprint density at radius 2 is 1.74 bits per heavy atom. The van der Waals surface area contributed by atoms with Crippen molar-refractivity contribution in [1.82, 2.24) is 34.7 Å². The lowest BCUT2D eigenvalue weighted by Crippen LogP contribution is -2.50. The summed E-state index contributed by atoms with van der Waals surface area (Å²) in [4.78, 5) is 24.3. The monoisotopic (exact) mass is 645 g/mol. The van der Waals surface area contributed by atoms with Gasteiger partial charge >= 0.3 is 0 Å². The zero-order valence-corrected chi connectivity index (χ0v) is 28.8. The van der Waals surface area contributed by atoms with E-state index in [2.05, 4.69) is 86.3 Å². The summed E-state index contributed by atoms with van der Waals surface area (Å²) >= 11 is 0. The van der Waals surface area contributed by atoms with Gasteiger partial charge in [0, 0.05) is 71.5 Å². The summed E-state index contributed by atoms with van der Waals surface area (Å²) in [7, 11) is 5.80. The zero-order valence-electron chi connectivity index (χ0n) is 28.8. The summed E-state index contributed by atoms with van der Waals surface area (Å²) in [6.45, 7) is 12.6. The minimum Gasteiger partial charge on any atom is -0.494 e. The predicted molar refractivity (Wildman–Crippen MR) is 185 cm³/mol. The third-order valence-electron chi connectivity index (χ3n) is 8.83. The summed E-state index contributed by atoms with van der Waals surface area (Å²) in [6.07, 6.45) is 2.74. The van der Waals surface area contributed by atoms with Crippen molar-refractivity contribution in [3.63, 3.8) is 0 Å². The number of aryl methyl sites for hydroxylation is 4. The number of nitrogens with zero attached hydrogens (tertiary/aromatic N) is 6. The van der Waals surface area contributed by atoms with E-state index in [4.69, 9.17) is 19.0 Å². The van der Waals surface area contributed by atoms with Crippen molar-refractivity contribution >= 4 is 16.9 Å². The predicted octanol–water partition coefficient (Wildman–Crippen LogP) is 3.80. The Balaban J connectivity index is 1.24. The quantitative estimate of drug-likeness (QED) is 0.172. The lowest BCUT2D eigenvalue weighted by molar-refractivity contribution is -0.122. The van der Waals surface area contributed by atoms with Gasteiger partial charge in [-0.25, -0.2) is 4.98 Å². The molecule has 0 spiro atoms. The molecule has 1 N–H and O–H groups in total. The number of aromatic nitrogens is 3. The van der Waals surface area contributed by atoms with Gasteiger partial charge in [0.05, 0.1) is 36.5 Å². The van der Waals surface area contributed by atoms with Gasteiger partial charge in [-0.2, -0.15) is 0 Å². The molecule has 0 saturated carbocycles. The van der Waals surface area contributed by atoms with Crippen molar-refractivity contribution in [2.45, 2.75) is 39.7 Å². The van der Waals surface area contributed by atoms with E-state index in [1.54, 1.807) is 7.11 Å². The van der Waals surface area contributed by atoms with Crippen LogP contribution in [0.5, 0.6) is 5.75 Å². The average Bonchev–Trinajstić information content (AvgIpc) is 3.59. The van der Waals surface area contributed by atoms with Crippen LogP contribution in [0.2, 0.25) is 0 Å². The number of piperazine rings is 1. The smallest absolute Gasteiger partial charge is 0.234 e. The fourth-order valence-corrected chi connectivity index (χ4v) is 6.21. The van der Waals surface area contributed by atoms with Gasteiger partial charge in [-0.3, -0.25) is 14.6 Å². The Labute approximate surface area is 278 Å². The molecule has 1 fully saturated rings. The van der Waals surface area contributed by atoms with Crippen molar-refractivity contribution in [3.8, 4) is 16.9 Å². The number of fused-ring (bicyclic) bond motifs is 1. The van der Waals surface area contributed by atoms with Gasteiger partial charge in [0.25, 0.3) is 0 Å². The van der Waals surface area contributed by atoms with Gasteiger partial charge in [-0.1, -0.05) is 23.4 Å². The molecule has 1 amide bonds. The Morgan fingerprint density at radius 3 is 2.45 bits per heavy atom. The SMILES string of the molecule is COCCNC(=O)CN1CCN(CCn2c(CCc3ccc(OCCCN(C)C)cc3)nc3cc(-c4c(C)noc4C)ccc32)CC1. The van der Waals surface area contributed by atoms with Crippen LogP contribution in [0.15, 0.2) is 47.0 Å². The molecule has 4 aromatic rings. The summed E-state index contributed by atoms with van der Waals surface area (Å²) in [5.74, 6) is 2.88. The molecule has 1 saturated heterocycles. The third-order valence-corrected chi connectivity index (χ3v) is 8.83. The van der Waals surface area contributed by atoms with Gasteiger partial charge in [0.2, 0.25) is 5.91 Å². The molecular formula is C36H51N7O4. The number of hydrogen-bond donors (Lipinski definition) is 1. The first kappa shape index (κ1) is 34.6. The van der Waals surface area contributed by atoms with Crippen molar-refractivity contribution < 1.29 is 18.8 Å². The first-order chi connectivity index (χ1) is 22.8. The normalized spacial score (nSPS) is 14.3. The van der Waals surface area contributed by atoms with Gasteiger partial charge < -0.3 is 28.8 Å². The number of ether oxygens (including phenoxy) is 2. The van der Waals surface area contributed by atoms with Crippen LogP contribution < -0.4 is 10.1 Å². The molecule has 2 aromatic carbocycles. The van der Waals surface area contributed by atoms with E-state index in [1.807, 2.05) is 13.8 Å². The lowest BCUT2D eigenvalue weighted by atomic mass is 10.0. The molecule has 11 heteroatoms. The minimum atomic E-state index is 0.0585. The molecular weight excluding hydrogens is 594 g/mol. The van der Waals surface area contributed by atoms with Gasteiger partial charge in [0.15, 0.2) is 0 Å². The fourth-order valence-electron chi connectivity index (χ4n) is 6.21. The van der Waals surface area contributed by atoms with Gasteiger partial charge in [0.1, 0.15) is 17.3 Å². The second-order valence-corrected chi connectivity index (χ2v) is 12.7. The first-order valence-corrected chi connectivity index (χ1v) is 16.8. The molecule has 0 atom stereocenters. The van der Waals surface area contributed by atoms with E-state index < -0.39 is 0 Å². The highest BCUT2D eigenvalue weighted by atomic mass is 16.5. The maximum absolute atomic E-state index is 12.3. The lowest BCUT2D eigenvalue weighted by Gasteiger charge is -2.34. The van der Waals surface area contributed by atoms with E-state index in [9.17, 15) is 4.79 Å². The number of rotatable bonds is 17. The van der Waals surface area contributed by atoms with Crippen LogP contribution in [-0.2, 0) is 28.9 Å². The van der Waals surface area contributed by atoms with Gasteiger partial charge in [-0.05, 0) is 76.2 Å². The molecule has 3 heterocycles. The number of benzene rings is 2. The largest absolute Gasteiger partial charge is 0.494 e. The fraction of sp³-hybridized carbons (Fsp3) is 0.528. The molecule has 0 unspecified atom stereocenters. The van der Waals surface area contributed by atoms with Crippen LogP contribution in [-0.4, -0.2) is 122 Å². The maximum Gasteiger partial charge on any atom is 0.234 e. The standard InChI is InChI=1S/C36H51N7O4/c1-27-36(28(2)47-39-27)30-10-13-33-32(25-30)38-34(14-9-29-7-11-31(12-8-29)46-23-6-16-40(3)4)43(33)22-21-41-17-19-42(20-18-41)26-35(44)37-15-24-45-5/h7-8,10-13,25H,6,9,14-24,26H2,1-5H3,(H,37,44). The first-order valence-electron chi connectivity index (χ1n) is 16.8. The van der Waals surface area contributed by atoms with E-state index in [0.29, 0.717) is 19.7 Å². The number of imidazole rings is 1. The molecule has 11 nitrogen and oxygen atoms in total. The number of carbonyl (C=O) groups is 1. The van der Waals surface area contributed by atoms with Crippen molar-refractivity contribution in [1.29, 1.82) is 0 Å².